The topological polar surface area (TPSA) is 74.8 Å². The number of rotatable bonds is 9. The Morgan fingerprint density at radius 2 is 0.956 bits per heavy atom. The van der Waals surface area contributed by atoms with Crippen LogP contribution in [0.5, 0.6) is 0 Å². The Labute approximate surface area is 281 Å². The smallest absolute Gasteiger partial charge is 0.320 e. The summed E-state index contributed by atoms with van der Waals surface area (Å²) in [5.41, 5.74) is -0.637. The van der Waals surface area contributed by atoms with Crippen LogP contribution in [-0.4, -0.2) is 120 Å². The average molecular weight is 672 g/mol. The minimum atomic E-state index is -0.567. The maximum atomic E-state index is 12.9. The van der Waals surface area contributed by atoms with Gasteiger partial charge in [-0.05, 0) is 74.4 Å². The number of benzene rings is 1. The van der Waals surface area contributed by atoms with Crippen molar-refractivity contribution in [1.82, 2.24) is 19.6 Å². The first-order valence-corrected chi connectivity index (χ1v) is 16.6. The molecule has 1 aromatic carbocycles. The number of halogens is 2. The highest BCUT2D eigenvalue weighted by Crippen LogP contribution is 2.26. The summed E-state index contributed by atoms with van der Waals surface area (Å²) in [6, 6.07) is 5.52. The number of ether oxygens (including phenoxy) is 3. The molecule has 0 aliphatic carbocycles. The zero-order valence-corrected chi connectivity index (χ0v) is 30.5. The van der Waals surface area contributed by atoms with E-state index in [9.17, 15) is 9.59 Å². The van der Waals surface area contributed by atoms with Gasteiger partial charge in [0.15, 0.2) is 0 Å². The van der Waals surface area contributed by atoms with Gasteiger partial charge in [-0.3, -0.25) is 29.2 Å². The van der Waals surface area contributed by atoms with Crippen LogP contribution in [0.3, 0.4) is 0 Å². The molecule has 0 spiro atoms. The van der Waals surface area contributed by atoms with E-state index >= 15 is 0 Å². The standard InChI is InChI=1S/C34H56Cl2N4O5/c1-26(43-32(2,3)4)22-37-14-18-39(24-30(41)44-33(5,6)7)20-16-38(23-27-28(35)12-11-13-29(27)36)17-21-40(19-15-37)25-31(42)45-34(8,9)10/h11-13H,1,14-25H2,2-10H3. The Morgan fingerprint density at radius 3 is 1.31 bits per heavy atom. The fourth-order valence-electron chi connectivity index (χ4n) is 4.95. The molecule has 1 heterocycles. The van der Waals surface area contributed by atoms with Crippen LogP contribution < -0.4 is 0 Å². The van der Waals surface area contributed by atoms with Crippen LogP contribution in [0.4, 0.5) is 0 Å². The van der Waals surface area contributed by atoms with Crippen molar-refractivity contribution in [2.45, 2.75) is 85.7 Å². The van der Waals surface area contributed by atoms with Crippen LogP contribution in [0.1, 0.15) is 67.9 Å². The molecule has 0 radical (unpaired) electrons. The van der Waals surface area contributed by atoms with E-state index in [4.69, 9.17) is 37.4 Å². The average Bonchev–Trinajstić information content (AvgIpc) is 2.84. The lowest BCUT2D eigenvalue weighted by molar-refractivity contribution is -0.157. The summed E-state index contributed by atoms with van der Waals surface area (Å²) in [5, 5.41) is 1.22. The molecule has 11 heteroatoms. The molecule has 0 bridgehead atoms. The summed E-state index contributed by atoms with van der Waals surface area (Å²) in [6.07, 6.45) is 0. The largest absolute Gasteiger partial charge is 0.492 e. The number of carbonyl (C=O) groups is 2. The van der Waals surface area contributed by atoms with Gasteiger partial charge in [0.25, 0.3) is 0 Å². The predicted octanol–water partition coefficient (Wildman–Crippen LogP) is 5.73. The van der Waals surface area contributed by atoms with Crippen LogP contribution in [0.2, 0.25) is 10.0 Å². The quantitative estimate of drug-likeness (QED) is 0.242. The predicted molar refractivity (Wildman–Crippen MR) is 183 cm³/mol. The summed E-state index contributed by atoms with van der Waals surface area (Å²) in [5.74, 6) is 0.159. The summed E-state index contributed by atoms with van der Waals surface area (Å²) >= 11 is 13.1. The van der Waals surface area contributed by atoms with Crippen LogP contribution >= 0.6 is 23.2 Å². The first kappa shape index (κ1) is 39.3. The molecule has 0 amide bonds. The number of carbonyl (C=O) groups excluding carboxylic acids is 2. The Kier molecular flexibility index (Phi) is 15.1. The van der Waals surface area contributed by atoms with Crippen molar-refractivity contribution in [3.8, 4) is 0 Å². The fourth-order valence-corrected chi connectivity index (χ4v) is 5.46. The van der Waals surface area contributed by atoms with Crippen LogP contribution in [0, 0.1) is 0 Å². The molecule has 0 aromatic heterocycles. The molecular formula is C34H56Cl2N4O5. The van der Waals surface area contributed by atoms with Crippen LogP contribution in [0.25, 0.3) is 0 Å². The molecule has 2 rings (SSSR count). The molecule has 256 valence electrons. The normalized spacial score (nSPS) is 17.7. The van der Waals surface area contributed by atoms with E-state index in [1.807, 2.05) is 80.5 Å². The third-order valence-electron chi connectivity index (χ3n) is 6.77. The lowest BCUT2D eigenvalue weighted by Crippen LogP contribution is -2.48. The first-order valence-electron chi connectivity index (χ1n) is 15.8. The maximum Gasteiger partial charge on any atom is 0.320 e. The third-order valence-corrected chi connectivity index (χ3v) is 7.48. The molecule has 0 N–H and O–H groups in total. The molecule has 0 saturated carbocycles. The monoisotopic (exact) mass is 670 g/mol. The Hall–Kier alpha value is -1.88. The Bertz CT molecular complexity index is 1060. The number of esters is 2. The second-order valence-corrected chi connectivity index (χ2v) is 15.5. The van der Waals surface area contributed by atoms with Crippen LogP contribution in [-0.2, 0) is 30.3 Å². The zero-order chi connectivity index (χ0) is 34.0. The zero-order valence-electron chi connectivity index (χ0n) is 29.0. The van der Waals surface area contributed by atoms with Crippen molar-refractivity contribution < 1.29 is 23.8 Å². The summed E-state index contributed by atoms with van der Waals surface area (Å²) < 4.78 is 17.4. The van der Waals surface area contributed by atoms with Gasteiger partial charge in [0.2, 0.25) is 0 Å². The minimum absolute atomic E-state index is 0.177. The highest BCUT2D eigenvalue weighted by Gasteiger charge is 2.25. The van der Waals surface area contributed by atoms with Gasteiger partial charge in [-0.1, -0.05) is 35.8 Å². The van der Waals surface area contributed by atoms with E-state index in [0.717, 1.165) is 5.56 Å². The molecule has 1 aliphatic rings. The molecular weight excluding hydrogens is 615 g/mol. The van der Waals surface area contributed by atoms with E-state index in [1.54, 1.807) is 0 Å². The molecule has 9 nitrogen and oxygen atoms in total. The lowest BCUT2D eigenvalue weighted by atomic mass is 10.2. The molecule has 1 saturated heterocycles. The minimum Gasteiger partial charge on any atom is -0.492 e. The highest BCUT2D eigenvalue weighted by molar-refractivity contribution is 6.35. The molecule has 1 fully saturated rings. The summed E-state index contributed by atoms with van der Waals surface area (Å²) in [4.78, 5) is 34.6. The Balaban J connectivity index is 2.34. The van der Waals surface area contributed by atoms with Gasteiger partial charge in [-0.2, -0.15) is 0 Å². The van der Waals surface area contributed by atoms with Gasteiger partial charge in [0.1, 0.15) is 22.6 Å². The van der Waals surface area contributed by atoms with Crippen molar-refractivity contribution in [2.75, 3.05) is 72.0 Å². The van der Waals surface area contributed by atoms with Gasteiger partial charge >= 0.3 is 11.9 Å². The van der Waals surface area contributed by atoms with Gasteiger partial charge in [0, 0.05) is 74.5 Å². The van der Waals surface area contributed by atoms with Gasteiger partial charge in [-0.25, -0.2) is 0 Å². The van der Waals surface area contributed by atoms with Crippen molar-refractivity contribution in [3.63, 3.8) is 0 Å². The molecule has 1 aliphatic heterocycles. The van der Waals surface area contributed by atoms with E-state index in [-0.39, 0.29) is 30.6 Å². The van der Waals surface area contributed by atoms with Gasteiger partial charge in [0.05, 0.1) is 19.6 Å². The van der Waals surface area contributed by atoms with E-state index in [2.05, 4.69) is 26.2 Å². The Morgan fingerprint density at radius 1 is 0.622 bits per heavy atom. The maximum absolute atomic E-state index is 12.9. The highest BCUT2D eigenvalue weighted by atomic mass is 35.5. The van der Waals surface area contributed by atoms with E-state index < -0.39 is 11.2 Å². The number of nitrogens with zero attached hydrogens (tertiary/aromatic N) is 4. The first-order chi connectivity index (χ1) is 20.7. The second kappa shape index (κ2) is 17.3. The van der Waals surface area contributed by atoms with Crippen molar-refractivity contribution in [1.29, 1.82) is 0 Å². The molecule has 1 aromatic rings. The SMILES string of the molecule is C=C(CN1CCN(CC(=O)OC(C)(C)C)CCN(Cc2c(Cl)cccc2Cl)CCN(CC(=O)OC(C)(C)C)CC1)OC(C)(C)C. The summed E-state index contributed by atoms with van der Waals surface area (Å²) in [7, 11) is 0. The van der Waals surface area contributed by atoms with E-state index in [1.165, 1.54) is 0 Å². The molecule has 0 atom stereocenters. The van der Waals surface area contributed by atoms with E-state index in [0.29, 0.717) is 81.3 Å². The fraction of sp³-hybridized carbons (Fsp3) is 0.706. The molecule has 0 unspecified atom stereocenters. The van der Waals surface area contributed by atoms with Crippen molar-refractivity contribution >= 4 is 35.1 Å². The lowest BCUT2D eigenvalue weighted by Gasteiger charge is -2.35. The molecule has 45 heavy (non-hydrogen) atoms. The van der Waals surface area contributed by atoms with Gasteiger partial charge in [-0.15, -0.1) is 0 Å². The van der Waals surface area contributed by atoms with Crippen molar-refractivity contribution in [2.24, 2.45) is 0 Å². The van der Waals surface area contributed by atoms with Crippen LogP contribution in [0.15, 0.2) is 30.5 Å². The third kappa shape index (κ3) is 17.0. The van der Waals surface area contributed by atoms with Crippen molar-refractivity contribution in [3.05, 3.63) is 46.1 Å². The number of hydrogen-bond acceptors (Lipinski definition) is 9. The van der Waals surface area contributed by atoms with Gasteiger partial charge < -0.3 is 14.2 Å². The summed E-state index contributed by atoms with van der Waals surface area (Å²) in [6.45, 7) is 28.0. The number of hydrogen-bond donors (Lipinski definition) is 0. The second-order valence-electron chi connectivity index (χ2n) is 14.7.